The molecule has 134 valence electrons. The van der Waals surface area contributed by atoms with Gasteiger partial charge < -0.3 is 9.64 Å². The maximum Gasteiger partial charge on any atom is 0.260 e. The molecule has 1 fully saturated rings. The van der Waals surface area contributed by atoms with Crippen molar-refractivity contribution in [2.75, 3.05) is 13.2 Å². The van der Waals surface area contributed by atoms with Gasteiger partial charge in [-0.25, -0.2) is 0 Å². The molecule has 1 aliphatic rings. The standard InChI is InChI=1S/C22H24N2O2/c1-2-20(18-7-4-3-5-8-18)21-9-6-14-24(21)22(25)16-26-19-12-10-17(15-23)11-13-19/h3-5,7-8,10-13,20-21H,2,6,9,14,16H2,1H3/t20-,21+/m1/s1. The van der Waals surface area contributed by atoms with Crippen molar-refractivity contribution in [3.05, 3.63) is 65.7 Å². The minimum absolute atomic E-state index is 0.0336. The Morgan fingerprint density at radius 1 is 1.23 bits per heavy atom. The molecule has 1 saturated heterocycles. The normalized spacial score (nSPS) is 17.5. The number of benzene rings is 2. The quantitative estimate of drug-likeness (QED) is 0.789. The van der Waals surface area contributed by atoms with Crippen molar-refractivity contribution in [2.45, 2.75) is 38.1 Å². The van der Waals surface area contributed by atoms with Crippen LogP contribution in [0.3, 0.4) is 0 Å². The lowest BCUT2D eigenvalue weighted by molar-refractivity contribution is -0.134. The van der Waals surface area contributed by atoms with Crippen molar-refractivity contribution in [3.8, 4) is 11.8 Å². The Hall–Kier alpha value is -2.80. The lowest BCUT2D eigenvalue weighted by Gasteiger charge is -2.31. The molecule has 1 amide bonds. The van der Waals surface area contributed by atoms with Gasteiger partial charge in [0, 0.05) is 18.5 Å². The van der Waals surface area contributed by atoms with Crippen LogP contribution in [0.25, 0.3) is 0 Å². The Balaban J connectivity index is 1.65. The molecule has 2 atom stereocenters. The smallest absolute Gasteiger partial charge is 0.260 e. The molecule has 0 N–H and O–H groups in total. The first-order valence-electron chi connectivity index (χ1n) is 9.20. The number of hydrogen-bond acceptors (Lipinski definition) is 3. The van der Waals surface area contributed by atoms with E-state index in [0.29, 0.717) is 17.2 Å². The molecule has 26 heavy (non-hydrogen) atoms. The van der Waals surface area contributed by atoms with E-state index >= 15 is 0 Å². The van der Waals surface area contributed by atoms with Crippen molar-refractivity contribution < 1.29 is 9.53 Å². The third-order valence-electron chi connectivity index (χ3n) is 5.10. The van der Waals surface area contributed by atoms with Crippen LogP contribution in [0.2, 0.25) is 0 Å². The zero-order valence-electron chi connectivity index (χ0n) is 15.1. The SMILES string of the molecule is CC[C@H](c1ccccc1)[C@@H]1CCCN1C(=O)COc1ccc(C#N)cc1. The highest BCUT2D eigenvalue weighted by molar-refractivity contribution is 5.78. The van der Waals surface area contributed by atoms with Gasteiger partial charge in [0.1, 0.15) is 5.75 Å². The van der Waals surface area contributed by atoms with Gasteiger partial charge in [-0.2, -0.15) is 5.26 Å². The summed E-state index contributed by atoms with van der Waals surface area (Å²) in [6.07, 6.45) is 3.08. The van der Waals surface area contributed by atoms with Crippen LogP contribution in [0.15, 0.2) is 54.6 Å². The van der Waals surface area contributed by atoms with Crippen LogP contribution >= 0.6 is 0 Å². The molecule has 0 spiro atoms. The number of nitriles is 1. The molecule has 2 aromatic rings. The number of hydrogen-bond donors (Lipinski definition) is 0. The lowest BCUT2D eigenvalue weighted by Crippen LogP contribution is -2.41. The van der Waals surface area contributed by atoms with Crippen molar-refractivity contribution in [3.63, 3.8) is 0 Å². The number of carbonyl (C=O) groups is 1. The second-order valence-corrected chi connectivity index (χ2v) is 6.65. The molecule has 0 aromatic heterocycles. The highest BCUT2D eigenvalue weighted by Crippen LogP contribution is 2.33. The fraction of sp³-hybridized carbons (Fsp3) is 0.364. The Morgan fingerprint density at radius 2 is 1.96 bits per heavy atom. The van der Waals surface area contributed by atoms with E-state index in [1.54, 1.807) is 24.3 Å². The van der Waals surface area contributed by atoms with Gasteiger partial charge in [-0.15, -0.1) is 0 Å². The summed E-state index contributed by atoms with van der Waals surface area (Å²) in [5.74, 6) is 1.01. The highest BCUT2D eigenvalue weighted by Gasteiger charge is 2.34. The second-order valence-electron chi connectivity index (χ2n) is 6.65. The van der Waals surface area contributed by atoms with Crippen LogP contribution in [0, 0.1) is 11.3 Å². The molecule has 1 aliphatic heterocycles. The first-order chi connectivity index (χ1) is 12.7. The Labute approximate surface area is 155 Å². The summed E-state index contributed by atoms with van der Waals surface area (Å²) >= 11 is 0. The fourth-order valence-corrected chi connectivity index (χ4v) is 3.80. The second kappa shape index (κ2) is 8.53. The van der Waals surface area contributed by atoms with Gasteiger partial charge in [-0.05, 0) is 49.1 Å². The van der Waals surface area contributed by atoms with E-state index in [1.807, 2.05) is 11.0 Å². The van der Waals surface area contributed by atoms with Crippen molar-refractivity contribution in [1.82, 2.24) is 4.90 Å². The summed E-state index contributed by atoms with van der Waals surface area (Å²) in [5, 5.41) is 8.84. The third-order valence-corrected chi connectivity index (χ3v) is 5.10. The van der Waals surface area contributed by atoms with Crippen LogP contribution in [0.1, 0.15) is 43.2 Å². The molecule has 4 heteroatoms. The number of likely N-dealkylation sites (tertiary alicyclic amines) is 1. The molecule has 4 nitrogen and oxygen atoms in total. The van der Waals surface area contributed by atoms with E-state index in [4.69, 9.17) is 10.00 Å². The molecular formula is C22H24N2O2. The minimum Gasteiger partial charge on any atom is -0.484 e. The number of amides is 1. The Bertz CT molecular complexity index is 765. The van der Waals surface area contributed by atoms with Gasteiger partial charge in [0.25, 0.3) is 5.91 Å². The molecular weight excluding hydrogens is 324 g/mol. The largest absolute Gasteiger partial charge is 0.484 e. The Kier molecular flexibility index (Phi) is 5.91. The molecule has 0 unspecified atom stereocenters. The van der Waals surface area contributed by atoms with Crippen molar-refractivity contribution in [2.24, 2.45) is 0 Å². The number of nitrogens with zero attached hydrogens (tertiary/aromatic N) is 2. The predicted octanol–water partition coefficient (Wildman–Crippen LogP) is 4.12. The average molecular weight is 348 g/mol. The van der Waals surface area contributed by atoms with Crippen molar-refractivity contribution >= 4 is 5.91 Å². The number of carbonyl (C=O) groups excluding carboxylic acids is 1. The van der Waals surface area contributed by atoms with E-state index in [1.165, 1.54) is 5.56 Å². The van der Waals surface area contributed by atoms with E-state index < -0.39 is 0 Å². The maximum atomic E-state index is 12.8. The van der Waals surface area contributed by atoms with Crippen LogP contribution in [-0.2, 0) is 4.79 Å². The first-order valence-corrected chi connectivity index (χ1v) is 9.20. The number of ether oxygens (including phenoxy) is 1. The topological polar surface area (TPSA) is 53.3 Å². The zero-order valence-corrected chi connectivity index (χ0v) is 15.1. The monoisotopic (exact) mass is 348 g/mol. The van der Waals surface area contributed by atoms with E-state index in [-0.39, 0.29) is 18.6 Å². The molecule has 3 rings (SSSR count). The van der Waals surface area contributed by atoms with Gasteiger partial charge in [0.15, 0.2) is 6.61 Å². The van der Waals surface area contributed by atoms with Gasteiger partial charge >= 0.3 is 0 Å². The van der Waals surface area contributed by atoms with Crippen LogP contribution in [0.5, 0.6) is 5.75 Å². The Morgan fingerprint density at radius 3 is 2.62 bits per heavy atom. The molecule has 1 heterocycles. The van der Waals surface area contributed by atoms with E-state index in [0.717, 1.165) is 25.8 Å². The van der Waals surface area contributed by atoms with E-state index in [9.17, 15) is 4.79 Å². The minimum atomic E-state index is 0.0336. The summed E-state index contributed by atoms with van der Waals surface area (Å²) in [5.41, 5.74) is 1.88. The van der Waals surface area contributed by atoms with Gasteiger partial charge in [-0.1, -0.05) is 37.3 Å². The highest BCUT2D eigenvalue weighted by atomic mass is 16.5. The first kappa shape index (κ1) is 18.0. The lowest BCUT2D eigenvalue weighted by atomic mass is 9.87. The zero-order chi connectivity index (χ0) is 18.4. The maximum absolute atomic E-state index is 12.8. The summed E-state index contributed by atoms with van der Waals surface area (Å²) in [7, 11) is 0. The van der Waals surface area contributed by atoms with Gasteiger partial charge in [-0.3, -0.25) is 4.79 Å². The van der Waals surface area contributed by atoms with Gasteiger partial charge in [0.2, 0.25) is 0 Å². The summed E-state index contributed by atoms with van der Waals surface area (Å²) < 4.78 is 5.65. The van der Waals surface area contributed by atoms with Gasteiger partial charge in [0.05, 0.1) is 11.6 Å². The van der Waals surface area contributed by atoms with Crippen LogP contribution in [0.4, 0.5) is 0 Å². The summed E-state index contributed by atoms with van der Waals surface area (Å²) in [6, 6.07) is 19.6. The molecule has 0 aliphatic carbocycles. The van der Waals surface area contributed by atoms with Crippen LogP contribution < -0.4 is 4.74 Å². The molecule has 0 bridgehead atoms. The predicted molar refractivity (Wildman–Crippen MR) is 101 cm³/mol. The van der Waals surface area contributed by atoms with Crippen molar-refractivity contribution in [1.29, 1.82) is 5.26 Å². The third kappa shape index (κ3) is 4.05. The average Bonchev–Trinajstić information content (AvgIpc) is 3.17. The van der Waals surface area contributed by atoms with Crippen LogP contribution in [-0.4, -0.2) is 30.0 Å². The molecule has 0 radical (unpaired) electrons. The molecule has 2 aromatic carbocycles. The molecule has 0 saturated carbocycles. The number of rotatable bonds is 6. The fourth-order valence-electron chi connectivity index (χ4n) is 3.80. The summed E-state index contributed by atoms with van der Waals surface area (Å²) in [4.78, 5) is 14.7. The summed E-state index contributed by atoms with van der Waals surface area (Å²) in [6.45, 7) is 3.02. The van der Waals surface area contributed by atoms with E-state index in [2.05, 4.69) is 37.3 Å².